The molecule has 1 aromatic heterocycles. The molecule has 3 N–H and O–H groups in total. The lowest BCUT2D eigenvalue weighted by Crippen LogP contribution is -2.38. The first-order valence-electron chi connectivity index (χ1n) is 12.9. The lowest BCUT2D eigenvalue weighted by Gasteiger charge is -2.32. The van der Waals surface area contributed by atoms with Gasteiger partial charge >= 0.3 is 0 Å². The molecule has 3 heterocycles. The molecule has 6 nitrogen and oxygen atoms in total. The predicted octanol–water partition coefficient (Wildman–Crippen LogP) is 5.82. The normalized spacial score (nSPS) is 17.6. The van der Waals surface area contributed by atoms with Crippen molar-refractivity contribution in [3.63, 3.8) is 0 Å². The molecule has 0 saturated carbocycles. The summed E-state index contributed by atoms with van der Waals surface area (Å²) in [5.41, 5.74) is 6.69. The van der Waals surface area contributed by atoms with Crippen molar-refractivity contribution in [2.45, 2.75) is 32.7 Å². The van der Waals surface area contributed by atoms with Crippen LogP contribution in [0.4, 0.5) is 15.8 Å². The molecule has 6 rings (SSSR count). The highest BCUT2D eigenvalue weighted by Gasteiger charge is 2.31. The second kappa shape index (κ2) is 9.48. The molecule has 37 heavy (non-hydrogen) atoms. The number of aromatic nitrogens is 2. The fourth-order valence-electron chi connectivity index (χ4n) is 5.41. The van der Waals surface area contributed by atoms with Crippen molar-refractivity contribution in [1.82, 2.24) is 14.9 Å². The largest absolute Gasteiger partial charge is 0.382 e. The number of rotatable bonds is 5. The van der Waals surface area contributed by atoms with Crippen LogP contribution < -0.4 is 10.6 Å². The van der Waals surface area contributed by atoms with Crippen LogP contribution in [-0.4, -0.2) is 46.5 Å². The highest BCUT2D eigenvalue weighted by Crippen LogP contribution is 2.41. The van der Waals surface area contributed by atoms with E-state index in [-0.39, 0.29) is 11.7 Å². The van der Waals surface area contributed by atoms with Crippen LogP contribution in [0.25, 0.3) is 22.2 Å². The molecule has 1 fully saturated rings. The third-order valence-electron chi connectivity index (χ3n) is 7.49. The Morgan fingerprint density at radius 3 is 2.68 bits per heavy atom. The van der Waals surface area contributed by atoms with E-state index >= 15 is 0 Å². The van der Waals surface area contributed by atoms with Gasteiger partial charge in [-0.25, -0.2) is 9.37 Å². The number of anilines is 2. The number of carbonyl (C=O) groups is 1. The van der Waals surface area contributed by atoms with Crippen molar-refractivity contribution < 1.29 is 9.18 Å². The van der Waals surface area contributed by atoms with Crippen molar-refractivity contribution in [2.24, 2.45) is 0 Å². The fraction of sp³-hybridized carbons (Fsp3) is 0.267. The lowest BCUT2D eigenvalue weighted by molar-refractivity contribution is -0.110. The summed E-state index contributed by atoms with van der Waals surface area (Å²) in [4.78, 5) is 24.1. The van der Waals surface area contributed by atoms with E-state index in [0.29, 0.717) is 28.6 Å². The van der Waals surface area contributed by atoms with Crippen LogP contribution >= 0.6 is 0 Å². The lowest BCUT2D eigenvalue weighted by atomic mass is 9.93. The summed E-state index contributed by atoms with van der Waals surface area (Å²) in [7, 11) is 0. The highest BCUT2D eigenvalue weighted by molar-refractivity contribution is 6.38. The summed E-state index contributed by atoms with van der Waals surface area (Å²) in [5.74, 6) is 0.103. The van der Waals surface area contributed by atoms with Crippen molar-refractivity contribution >= 4 is 39.5 Å². The van der Waals surface area contributed by atoms with Crippen LogP contribution in [0.1, 0.15) is 42.3 Å². The minimum Gasteiger partial charge on any atom is -0.382 e. The average Bonchev–Trinajstić information content (AvgIpc) is 3.47. The molecule has 0 bridgehead atoms. The van der Waals surface area contributed by atoms with E-state index in [2.05, 4.69) is 27.4 Å². The van der Waals surface area contributed by atoms with Gasteiger partial charge in [-0.3, -0.25) is 4.79 Å². The third kappa shape index (κ3) is 4.40. The molecule has 0 atom stereocenters. The second-order valence-electron chi connectivity index (χ2n) is 9.88. The maximum absolute atomic E-state index is 14.2. The summed E-state index contributed by atoms with van der Waals surface area (Å²) in [6.07, 6.45) is 2.17. The zero-order valence-corrected chi connectivity index (χ0v) is 21.1. The van der Waals surface area contributed by atoms with E-state index in [4.69, 9.17) is 4.98 Å². The van der Waals surface area contributed by atoms with E-state index in [0.717, 1.165) is 66.0 Å². The maximum atomic E-state index is 14.2. The molecule has 2 aliphatic heterocycles. The van der Waals surface area contributed by atoms with E-state index in [1.165, 1.54) is 6.07 Å². The molecule has 1 saturated heterocycles. The van der Waals surface area contributed by atoms with Crippen LogP contribution in [0.3, 0.4) is 0 Å². The molecule has 0 spiro atoms. The first kappa shape index (κ1) is 23.4. The van der Waals surface area contributed by atoms with Gasteiger partial charge in [-0.15, -0.1) is 0 Å². The SMILES string of the molecule is CCN1CCC(Nc2ccc3c(c2)C(=C(c2ccc(F)c(C)c2)c2nc4ccccc4[nH]2)C(=O)N3)CC1. The zero-order valence-electron chi connectivity index (χ0n) is 21.1. The van der Waals surface area contributed by atoms with Gasteiger partial charge in [0.25, 0.3) is 5.91 Å². The van der Waals surface area contributed by atoms with E-state index in [9.17, 15) is 9.18 Å². The number of H-pyrrole nitrogens is 1. The molecular weight excluding hydrogens is 465 g/mol. The molecule has 0 unspecified atom stereocenters. The number of piperidine rings is 1. The number of imidazole rings is 1. The third-order valence-corrected chi connectivity index (χ3v) is 7.49. The Kier molecular flexibility index (Phi) is 6.00. The summed E-state index contributed by atoms with van der Waals surface area (Å²) >= 11 is 0. The number of benzene rings is 3. The molecule has 4 aromatic rings. The average molecular weight is 496 g/mol. The van der Waals surface area contributed by atoms with Crippen LogP contribution in [0.15, 0.2) is 60.7 Å². The Morgan fingerprint density at radius 1 is 1.11 bits per heavy atom. The van der Waals surface area contributed by atoms with Gasteiger partial charge in [0.15, 0.2) is 0 Å². The van der Waals surface area contributed by atoms with Crippen LogP contribution in [0.5, 0.6) is 0 Å². The van der Waals surface area contributed by atoms with E-state index < -0.39 is 0 Å². The Hall–Kier alpha value is -3.97. The second-order valence-corrected chi connectivity index (χ2v) is 9.88. The van der Waals surface area contributed by atoms with Gasteiger partial charge in [0.2, 0.25) is 0 Å². The zero-order chi connectivity index (χ0) is 25.5. The monoisotopic (exact) mass is 495 g/mol. The number of fused-ring (bicyclic) bond motifs is 2. The van der Waals surface area contributed by atoms with Gasteiger partial charge in [-0.05, 0) is 79.9 Å². The Balaban J connectivity index is 1.47. The molecule has 0 aliphatic carbocycles. The van der Waals surface area contributed by atoms with Gasteiger partial charge in [-0.2, -0.15) is 0 Å². The number of carbonyl (C=O) groups excluding carboxylic acids is 1. The molecule has 188 valence electrons. The summed E-state index contributed by atoms with van der Waals surface area (Å²) in [6, 6.07) is 19.1. The van der Waals surface area contributed by atoms with E-state index in [1.54, 1.807) is 19.1 Å². The molecule has 1 amide bonds. The van der Waals surface area contributed by atoms with Gasteiger partial charge in [-0.1, -0.05) is 25.1 Å². The van der Waals surface area contributed by atoms with Crippen molar-refractivity contribution in [1.29, 1.82) is 0 Å². The van der Waals surface area contributed by atoms with Crippen LogP contribution in [0.2, 0.25) is 0 Å². The summed E-state index contributed by atoms with van der Waals surface area (Å²) in [6.45, 7) is 7.19. The van der Waals surface area contributed by atoms with Crippen molar-refractivity contribution in [3.05, 3.63) is 89.0 Å². The van der Waals surface area contributed by atoms with E-state index in [1.807, 2.05) is 42.5 Å². The highest BCUT2D eigenvalue weighted by atomic mass is 19.1. The molecule has 0 radical (unpaired) electrons. The number of hydrogen-bond donors (Lipinski definition) is 3. The summed E-state index contributed by atoms with van der Waals surface area (Å²) < 4.78 is 14.2. The number of para-hydroxylation sites is 2. The minimum absolute atomic E-state index is 0.194. The fourth-order valence-corrected chi connectivity index (χ4v) is 5.41. The number of nitrogens with one attached hydrogen (secondary N) is 3. The standard InChI is InChI=1S/C30H30FN5O/c1-3-36-14-12-20(13-15-36)32-21-9-11-24-22(17-21)28(30(37)35-24)27(19-8-10-23(31)18(2)16-19)29-33-25-6-4-5-7-26(25)34-29/h4-11,16-17,20,32H,3,12-15H2,1-2H3,(H,33,34)(H,35,37). The van der Waals surface area contributed by atoms with Crippen LogP contribution in [-0.2, 0) is 4.79 Å². The smallest absolute Gasteiger partial charge is 0.257 e. The topological polar surface area (TPSA) is 73.0 Å². The number of nitrogens with zero attached hydrogens (tertiary/aromatic N) is 2. The van der Waals surface area contributed by atoms with Gasteiger partial charge in [0.1, 0.15) is 11.6 Å². The number of hydrogen-bond acceptors (Lipinski definition) is 4. The molecular formula is C30H30FN5O. The van der Waals surface area contributed by atoms with Gasteiger partial charge in [0, 0.05) is 41.6 Å². The first-order valence-corrected chi connectivity index (χ1v) is 12.9. The van der Waals surface area contributed by atoms with Gasteiger partial charge < -0.3 is 20.5 Å². The Morgan fingerprint density at radius 2 is 1.92 bits per heavy atom. The summed E-state index contributed by atoms with van der Waals surface area (Å²) in [5, 5.41) is 6.71. The number of halogens is 1. The van der Waals surface area contributed by atoms with Gasteiger partial charge in [0.05, 0.1) is 16.6 Å². The van der Waals surface area contributed by atoms with Crippen LogP contribution in [0, 0.1) is 12.7 Å². The Labute approximate surface area is 215 Å². The first-order chi connectivity index (χ1) is 18.0. The number of aryl methyl sites for hydroxylation is 1. The van der Waals surface area contributed by atoms with Crippen molar-refractivity contribution in [3.8, 4) is 0 Å². The molecule has 2 aliphatic rings. The number of likely N-dealkylation sites (tertiary alicyclic amines) is 1. The van der Waals surface area contributed by atoms with Crippen molar-refractivity contribution in [2.75, 3.05) is 30.3 Å². The quantitative estimate of drug-likeness (QED) is 0.305. The number of aromatic amines is 1. The maximum Gasteiger partial charge on any atom is 0.257 e. The number of amides is 1. The molecule has 3 aromatic carbocycles. The molecule has 7 heteroatoms. The Bertz CT molecular complexity index is 1500. The minimum atomic E-state index is -0.283. The predicted molar refractivity (Wildman–Crippen MR) is 147 cm³/mol.